The van der Waals surface area contributed by atoms with Crippen molar-refractivity contribution in [1.29, 1.82) is 0 Å². The maximum absolute atomic E-state index is 10.6. The van der Waals surface area contributed by atoms with E-state index in [1.165, 1.54) is 11.1 Å². The predicted octanol–water partition coefficient (Wildman–Crippen LogP) is 2.69. The van der Waals surface area contributed by atoms with Gasteiger partial charge in [0, 0.05) is 5.92 Å². The lowest BCUT2D eigenvalue weighted by Crippen LogP contribution is -2.00. The Morgan fingerprint density at radius 2 is 2.19 bits per heavy atom. The highest BCUT2D eigenvalue weighted by atomic mass is 32.2. The summed E-state index contributed by atoms with van der Waals surface area (Å²) >= 11 is 1.07. The van der Waals surface area contributed by atoms with Gasteiger partial charge in [-0.3, -0.25) is 4.79 Å². The van der Waals surface area contributed by atoms with Gasteiger partial charge in [-0.2, -0.15) is 0 Å². The summed E-state index contributed by atoms with van der Waals surface area (Å²) in [6, 6.07) is 8.56. The fraction of sp³-hybridized carbons (Fsp3) is 0.400. The molecule has 3 atom stereocenters. The lowest BCUT2D eigenvalue weighted by Gasteiger charge is -2.13. The molecule has 0 aliphatic heterocycles. The quantitative estimate of drug-likeness (QED) is 0.875. The van der Waals surface area contributed by atoms with Gasteiger partial charge < -0.3 is 9.52 Å². The van der Waals surface area contributed by atoms with E-state index in [9.17, 15) is 4.79 Å². The third-order valence-corrected chi connectivity index (χ3v) is 5.16. The Morgan fingerprint density at radius 3 is 3.05 bits per heavy atom. The van der Waals surface area contributed by atoms with Gasteiger partial charge in [0.25, 0.3) is 5.22 Å². The first-order chi connectivity index (χ1) is 10.2. The van der Waals surface area contributed by atoms with Crippen molar-refractivity contribution in [2.45, 2.75) is 29.9 Å². The molecule has 2 aliphatic rings. The number of benzene rings is 1. The number of hydrogen-bond acceptors (Lipinski definition) is 5. The number of carbonyl (C=O) groups is 1. The number of carboxylic acid groups (broad SMARTS) is 1. The van der Waals surface area contributed by atoms with Crippen LogP contribution in [-0.4, -0.2) is 27.0 Å². The van der Waals surface area contributed by atoms with Crippen molar-refractivity contribution in [2.75, 3.05) is 5.75 Å². The molecule has 1 fully saturated rings. The molecule has 0 radical (unpaired) electrons. The third kappa shape index (κ3) is 2.23. The van der Waals surface area contributed by atoms with Crippen molar-refractivity contribution in [3.8, 4) is 0 Å². The number of fused-ring (bicyclic) bond motifs is 3. The molecule has 21 heavy (non-hydrogen) atoms. The van der Waals surface area contributed by atoms with Crippen LogP contribution in [0.4, 0.5) is 0 Å². The second-order valence-corrected chi connectivity index (χ2v) is 6.47. The van der Waals surface area contributed by atoms with Crippen LogP contribution in [0.1, 0.15) is 35.3 Å². The van der Waals surface area contributed by atoms with Gasteiger partial charge in [0.15, 0.2) is 0 Å². The number of aryl methyl sites for hydroxylation is 1. The highest BCUT2D eigenvalue weighted by Gasteiger charge is 2.56. The summed E-state index contributed by atoms with van der Waals surface area (Å²) in [6.45, 7) is 0. The number of hydrogen-bond donors (Lipinski definition) is 1. The maximum atomic E-state index is 10.6. The summed E-state index contributed by atoms with van der Waals surface area (Å²) in [5.74, 6) is 1.12. The molecule has 1 aromatic heterocycles. The lowest BCUT2D eigenvalue weighted by atomic mass is 9.92. The van der Waals surface area contributed by atoms with Gasteiger partial charge in [0.05, 0.1) is 0 Å². The normalized spacial score (nSPS) is 26.0. The fourth-order valence-corrected chi connectivity index (χ4v) is 3.93. The standard InChI is InChI=1S/C15H14N2O3S/c18-11(19)7-21-15-17-16-14(20-15)13-10-6-5-8-3-1-2-4-9(8)12(10)13/h1-4,10,12-13H,5-7H2,(H,18,19). The Bertz CT molecular complexity index is 700. The minimum atomic E-state index is -0.881. The summed E-state index contributed by atoms with van der Waals surface area (Å²) in [5.41, 5.74) is 2.85. The Morgan fingerprint density at radius 1 is 1.33 bits per heavy atom. The van der Waals surface area contributed by atoms with Crippen LogP contribution in [-0.2, 0) is 11.2 Å². The molecule has 3 unspecified atom stereocenters. The van der Waals surface area contributed by atoms with E-state index >= 15 is 0 Å². The molecule has 2 aliphatic carbocycles. The Kier molecular flexibility index (Phi) is 2.99. The van der Waals surface area contributed by atoms with Crippen LogP contribution in [0.3, 0.4) is 0 Å². The van der Waals surface area contributed by atoms with Gasteiger partial charge in [-0.1, -0.05) is 36.0 Å². The average molecular weight is 302 g/mol. The van der Waals surface area contributed by atoms with E-state index < -0.39 is 5.97 Å². The summed E-state index contributed by atoms with van der Waals surface area (Å²) in [7, 11) is 0. The summed E-state index contributed by atoms with van der Waals surface area (Å²) in [6.07, 6.45) is 2.27. The largest absolute Gasteiger partial charge is 0.481 e. The molecule has 1 N–H and O–H groups in total. The molecule has 4 rings (SSSR count). The smallest absolute Gasteiger partial charge is 0.314 e. The maximum Gasteiger partial charge on any atom is 0.314 e. The minimum absolute atomic E-state index is 0.0536. The van der Waals surface area contributed by atoms with Crippen LogP contribution in [0.5, 0.6) is 0 Å². The zero-order valence-electron chi connectivity index (χ0n) is 11.2. The highest BCUT2D eigenvalue weighted by molar-refractivity contribution is 7.99. The van der Waals surface area contributed by atoms with Crippen LogP contribution in [0.2, 0.25) is 0 Å². The minimum Gasteiger partial charge on any atom is -0.481 e. The van der Waals surface area contributed by atoms with Crippen LogP contribution in [0.15, 0.2) is 33.9 Å². The molecule has 0 amide bonds. The number of aliphatic carboxylic acids is 1. The topological polar surface area (TPSA) is 76.2 Å². The first kappa shape index (κ1) is 12.9. The third-order valence-electron chi connectivity index (χ3n) is 4.36. The van der Waals surface area contributed by atoms with E-state index in [0.29, 0.717) is 28.9 Å². The zero-order valence-corrected chi connectivity index (χ0v) is 12.0. The SMILES string of the molecule is O=C(O)CSc1nnc(C2C3CCc4ccccc4C32)o1. The number of thioether (sulfide) groups is 1. The predicted molar refractivity (Wildman–Crippen MR) is 76.4 cm³/mol. The van der Waals surface area contributed by atoms with E-state index in [0.717, 1.165) is 24.6 Å². The fourth-order valence-electron chi connectivity index (χ4n) is 3.44. The molecule has 2 aromatic rings. The number of aromatic nitrogens is 2. The second-order valence-electron chi connectivity index (χ2n) is 5.54. The molecule has 0 bridgehead atoms. The van der Waals surface area contributed by atoms with Crippen molar-refractivity contribution in [3.63, 3.8) is 0 Å². The highest BCUT2D eigenvalue weighted by Crippen LogP contribution is 2.64. The van der Waals surface area contributed by atoms with Gasteiger partial charge >= 0.3 is 5.97 Å². The van der Waals surface area contributed by atoms with E-state index in [1.54, 1.807) is 0 Å². The van der Waals surface area contributed by atoms with E-state index in [4.69, 9.17) is 9.52 Å². The summed E-state index contributed by atoms with van der Waals surface area (Å²) < 4.78 is 5.64. The monoisotopic (exact) mass is 302 g/mol. The molecule has 1 aromatic carbocycles. The zero-order chi connectivity index (χ0) is 14.4. The Balaban J connectivity index is 1.53. The molecule has 6 heteroatoms. The van der Waals surface area contributed by atoms with Crippen molar-refractivity contribution >= 4 is 17.7 Å². The van der Waals surface area contributed by atoms with Gasteiger partial charge in [0.1, 0.15) is 5.75 Å². The van der Waals surface area contributed by atoms with Gasteiger partial charge in [-0.05, 0) is 35.8 Å². The molecular formula is C15H14N2O3S. The van der Waals surface area contributed by atoms with Crippen molar-refractivity contribution < 1.29 is 14.3 Å². The van der Waals surface area contributed by atoms with Gasteiger partial charge in [0.2, 0.25) is 5.89 Å². The molecule has 1 saturated carbocycles. The van der Waals surface area contributed by atoms with Crippen LogP contribution in [0.25, 0.3) is 0 Å². The first-order valence-corrected chi connectivity index (χ1v) is 7.98. The molecule has 0 saturated heterocycles. The van der Waals surface area contributed by atoms with Crippen molar-refractivity contribution in [2.24, 2.45) is 5.92 Å². The second kappa shape index (κ2) is 4.87. The van der Waals surface area contributed by atoms with Crippen LogP contribution >= 0.6 is 11.8 Å². The van der Waals surface area contributed by atoms with Crippen molar-refractivity contribution in [3.05, 3.63) is 41.3 Å². The Labute approximate surface area is 125 Å². The summed E-state index contributed by atoms with van der Waals surface area (Å²) in [4.78, 5) is 10.6. The van der Waals surface area contributed by atoms with E-state index in [2.05, 4.69) is 34.5 Å². The number of nitrogens with zero attached hydrogens (tertiary/aromatic N) is 2. The number of carboxylic acids is 1. The lowest BCUT2D eigenvalue weighted by molar-refractivity contribution is -0.133. The van der Waals surface area contributed by atoms with Crippen molar-refractivity contribution in [1.82, 2.24) is 10.2 Å². The molecule has 0 spiro atoms. The average Bonchev–Trinajstić information content (AvgIpc) is 3.06. The van der Waals surface area contributed by atoms with Gasteiger partial charge in [-0.15, -0.1) is 10.2 Å². The molecule has 1 heterocycles. The van der Waals surface area contributed by atoms with Crippen LogP contribution in [0, 0.1) is 5.92 Å². The van der Waals surface area contributed by atoms with Gasteiger partial charge in [-0.25, -0.2) is 0 Å². The first-order valence-electron chi connectivity index (χ1n) is 7.00. The molecular weight excluding hydrogens is 288 g/mol. The Hall–Kier alpha value is -1.82. The molecule has 108 valence electrons. The van der Waals surface area contributed by atoms with E-state index in [1.807, 2.05) is 0 Å². The van der Waals surface area contributed by atoms with E-state index in [-0.39, 0.29) is 5.75 Å². The van der Waals surface area contributed by atoms with Crippen LogP contribution < -0.4 is 0 Å². The summed E-state index contributed by atoms with van der Waals surface area (Å²) in [5, 5.41) is 17.1. The molecule has 5 nitrogen and oxygen atoms in total. The number of rotatable bonds is 4.